The predicted molar refractivity (Wildman–Crippen MR) is 67.6 cm³/mol. The van der Waals surface area contributed by atoms with E-state index in [-0.39, 0.29) is 15.4 Å². The van der Waals surface area contributed by atoms with E-state index in [9.17, 15) is 4.79 Å². The number of hydrogen-bond donors (Lipinski definition) is 1. The fourth-order valence-electron chi connectivity index (χ4n) is 1.25. The fourth-order valence-corrected chi connectivity index (χ4v) is 1.65. The van der Waals surface area contributed by atoms with Crippen LogP contribution >= 0.6 is 34.8 Å². The summed E-state index contributed by atoms with van der Waals surface area (Å²) in [6.07, 6.45) is 0. The summed E-state index contributed by atoms with van der Waals surface area (Å²) in [5.74, 6) is -0.207. The molecule has 16 heavy (non-hydrogen) atoms. The summed E-state index contributed by atoms with van der Waals surface area (Å²) < 4.78 is -0.0516. The molecule has 0 saturated carbocycles. The molecular formula is C11H10Cl3NO. The lowest BCUT2D eigenvalue weighted by atomic mass is 10.1. The number of carbonyl (C=O) groups is 1. The molecule has 1 aromatic rings. The Morgan fingerprint density at radius 1 is 1.19 bits per heavy atom. The second kappa shape index (κ2) is 6.14. The van der Waals surface area contributed by atoms with Crippen LogP contribution in [0, 0.1) is 0 Å². The minimum Gasteiger partial charge on any atom is -0.344 e. The Balaban J connectivity index is 3.07. The van der Waals surface area contributed by atoms with E-state index in [4.69, 9.17) is 34.8 Å². The van der Waals surface area contributed by atoms with Crippen LogP contribution in [0.3, 0.4) is 0 Å². The maximum Gasteiger partial charge on any atom is 0.217 e. The molecule has 5 heteroatoms. The number of benzene rings is 1. The molecule has 0 heterocycles. The van der Waals surface area contributed by atoms with E-state index in [1.807, 2.05) is 30.3 Å². The Morgan fingerprint density at radius 2 is 1.75 bits per heavy atom. The smallest absolute Gasteiger partial charge is 0.217 e. The van der Waals surface area contributed by atoms with Gasteiger partial charge in [0, 0.05) is 6.92 Å². The van der Waals surface area contributed by atoms with Gasteiger partial charge in [-0.25, -0.2) is 0 Å². The van der Waals surface area contributed by atoms with Crippen LogP contribution in [0.1, 0.15) is 18.5 Å². The van der Waals surface area contributed by atoms with E-state index >= 15 is 0 Å². The van der Waals surface area contributed by atoms with Crippen LogP contribution in [0.2, 0.25) is 0 Å². The van der Waals surface area contributed by atoms with Crippen molar-refractivity contribution in [1.82, 2.24) is 5.32 Å². The first-order valence-electron chi connectivity index (χ1n) is 4.55. The van der Waals surface area contributed by atoms with Crippen molar-refractivity contribution >= 4 is 40.7 Å². The Hall–Kier alpha value is -0.700. The van der Waals surface area contributed by atoms with E-state index < -0.39 is 6.04 Å². The second-order valence-corrected chi connectivity index (χ2v) is 4.51. The van der Waals surface area contributed by atoms with Crippen molar-refractivity contribution < 1.29 is 4.79 Å². The van der Waals surface area contributed by atoms with Crippen molar-refractivity contribution in [2.75, 3.05) is 0 Å². The quantitative estimate of drug-likeness (QED) is 0.896. The molecule has 0 aliphatic heterocycles. The highest BCUT2D eigenvalue weighted by atomic mass is 35.5. The predicted octanol–water partition coefficient (Wildman–Crippen LogP) is 3.75. The zero-order valence-corrected chi connectivity index (χ0v) is 10.8. The SMILES string of the molecule is CC(=O)NC(C(Cl)=C(Cl)Cl)c1ccccc1. The van der Waals surface area contributed by atoms with Gasteiger partial charge in [0.2, 0.25) is 5.91 Å². The molecule has 0 aliphatic rings. The van der Waals surface area contributed by atoms with Crippen LogP contribution in [0.25, 0.3) is 0 Å². The van der Waals surface area contributed by atoms with Crippen molar-refractivity contribution in [3.63, 3.8) is 0 Å². The first-order chi connectivity index (χ1) is 7.52. The Labute approximate surface area is 109 Å². The lowest BCUT2D eigenvalue weighted by Gasteiger charge is -2.17. The van der Waals surface area contributed by atoms with E-state index in [2.05, 4.69) is 5.32 Å². The number of hydrogen-bond acceptors (Lipinski definition) is 1. The molecule has 0 fully saturated rings. The Morgan fingerprint density at radius 3 is 2.19 bits per heavy atom. The van der Waals surface area contributed by atoms with Crippen molar-refractivity contribution in [2.45, 2.75) is 13.0 Å². The zero-order chi connectivity index (χ0) is 12.1. The van der Waals surface area contributed by atoms with Gasteiger partial charge >= 0.3 is 0 Å². The largest absolute Gasteiger partial charge is 0.344 e. The van der Waals surface area contributed by atoms with Crippen LogP contribution in [-0.4, -0.2) is 5.91 Å². The molecule has 1 amide bonds. The molecule has 0 aromatic heterocycles. The third-order valence-electron chi connectivity index (χ3n) is 1.91. The van der Waals surface area contributed by atoms with Gasteiger partial charge in [-0.3, -0.25) is 4.79 Å². The molecule has 1 N–H and O–H groups in total. The molecule has 0 saturated heterocycles. The first kappa shape index (κ1) is 13.4. The van der Waals surface area contributed by atoms with Gasteiger partial charge in [0.25, 0.3) is 0 Å². The zero-order valence-electron chi connectivity index (χ0n) is 8.51. The monoisotopic (exact) mass is 277 g/mol. The van der Waals surface area contributed by atoms with E-state index in [0.29, 0.717) is 0 Å². The number of rotatable bonds is 3. The first-order valence-corrected chi connectivity index (χ1v) is 5.68. The van der Waals surface area contributed by atoms with Gasteiger partial charge < -0.3 is 5.32 Å². The average molecular weight is 279 g/mol. The van der Waals surface area contributed by atoms with Crippen molar-refractivity contribution in [2.24, 2.45) is 0 Å². The number of carbonyl (C=O) groups excluding carboxylic acids is 1. The molecule has 1 aromatic carbocycles. The molecule has 0 bridgehead atoms. The number of nitrogens with one attached hydrogen (secondary N) is 1. The number of amides is 1. The van der Waals surface area contributed by atoms with Crippen LogP contribution in [-0.2, 0) is 4.79 Å². The summed E-state index contributed by atoms with van der Waals surface area (Å²) in [4.78, 5) is 11.1. The summed E-state index contributed by atoms with van der Waals surface area (Å²) in [5.41, 5.74) is 0.821. The highest BCUT2D eigenvalue weighted by Gasteiger charge is 2.18. The third kappa shape index (κ3) is 3.71. The van der Waals surface area contributed by atoms with Gasteiger partial charge in [-0.15, -0.1) is 0 Å². The van der Waals surface area contributed by atoms with E-state index in [0.717, 1.165) is 5.56 Å². The fraction of sp³-hybridized carbons (Fsp3) is 0.182. The van der Waals surface area contributed by atoms with Crippen molar-refractivity contribution in [1.29, 1.82) is 0 Å². The summed E-state index contributed by atoms with van der Waals surface area (Å²) >= 11 is 17.2. The molecule has 1 unspecified atom stereocenters. The van der Waals surface area contributed by atoms with Crippen molar-refractivity contribution in [3.05, 3.63) is 45.4 Å². The molecular weight excluding hydrogens is 268 g/mol. The minimum atomic E-state index is -0.509. The number of halogens is 3. The third-order valence-corrected chi connectivity index (χ3v) is 2.92. The minimum absolute atomic E-state index is 0.0516. The highest BCUT2D eigenvalue weighted by Crippen LogP contribution is 2.30. The van der Waals surface area contributed by atoms with Gasteiger partial charge in [0.1, 0.15) is 4.49 Å². The summed E-state index contributed by atoms with van der Waals surface area (Å²) in [6, 6.07) is 8.71. The summed E-state index contributed by atoms with van der Waals surface area (Å²) in [5, 5.41) is 2.88. The normalized spacial score (nSPS) is 11.8. The van der Waals surface area contributed by atoms with Gasteiger partial charge in [-0.05, 0) is 5.56 Å². The Kier molecular flexibility index (Phi) is 5.13. The van der Waals surface area contributed by atoms with Gasteiger partial charge in [-0.1, -0.05) is 65.1 Å². The summed E-state index contributed by atoms with van der Waals surface area (Å²) in [7, 11) is 0. The van der Waals surface area contributed by atoms with Gasteiger partial charge in [-0.2, -0.15) is 0 Å². The highest BCUT2D eigenvalue weighted by molar-refractivity contribution is 6.59. The Bertz CT molecular complexity index is 399. The van der Waals surface area contributed by atoms with Crippen LogP contribution < -0.4 is 5.32 Å². The second-order valence-electron chi connectivity index (χ2n) is 3.15. The van der Waals surface area contributed by atoms with Crippen LogP contribution in [0.4, 0.5) is 0 Å². The van der Waals surface area contributed by atoms with Crippen LogP contribution in [0.15, 0.2) is 39.9 Å². The van der Waals surface area contributed by atoms with Gasteiger partial charge in [0.15, 0.2) is 0 Å². The molecule has 86 valence electrons. The molecule has 0 radical (unpaired) electrons. The average Bonchev–Trinajstić information content (AvgIpc) is 2.26. The molecule has 1 atom stereocenters. The van der Waals surface area contributed by atoms with Gasteiger partial charge in [0.05, 0.1) is 11.1 Å². The van der Waals surface area contributed by atoms with Crippen LogP contribution in [0.5, 0.6) is 0 Å². The van der Waals surface area contributed by atoms with E-state index in [1.54, 1.807) is 0 Å². The lowest BCUT2D eigenvalue weighted by molar-refractivity contribution is -0.119. The maximum atomic E-state index is 11.1. The maximum absolute atomic E-state index is 11.1. The lowest BCUT2D eigenvalue weighted by Crippen LogP contribution is -2.26. The van der Waals surface area contributed by atoms with Crippen molar-refractivity contribution in [3.8, 4) is 0 Å². The molecule has 1 rings (SSSR count). The standard InChI is InChI=1S/C11H10Cl3NO/c1-7(16)15-10(9(12)11(13)14)8-5-3-2-4-6-8/h2-6,10H,1H3,(H,15,16). The molecule has 0 spiro atoms. The van der Waals surface area contributed by atoms with E-state index in [1.165, 1.54) is 6.92 Å². The summed E-state index contributed by atoms with van der Waals surface area (Å²) in [6.45, 7) is 1.41. The molecule has 2 nitrogen and oxygen atoms in total. The topological polar surface area (TPSA) is 29.1 Å². The molecule has 0 aliphatic carbocycles.